The largest absolute Gasteiger partial charge is 0.311 e. The summed E-state index contributed by atoms with van der Waals surface area (Å²) in [6.07, 6.45) is 0. The van der Waals surface area contributed by atoms with E-state index in [2.05, 4.69) is 31.0 Å². The van der Waals surface area contributed by atoms with Gasteiger partial charge in [-0.05, 0) is 35.7 Å². The van der Waals surface area contributed by atoms with Gasteiger partial charge in [-0.3, -0.25) is 4.79 Å². The number of amides is 1. The van der Waals surface area contributed by atoms with Crippen LogP contribution in [-0.4, -0.2) is 17.9 Å². The summed E-state index contributed by atoms with van der Waals surface area (Å²) in [7, 11) is 1.84. The van der Waals surface area contributed by atoms with Crippen molar-refractivity contribution in [3.63, 3.8) is 0 Å². The van der Waals surface area contributed by atoms with Gasteiger partial charge in [0.2, 0.25) is 0 Å². The van der Waals surface area contributed by atoms with E-state index >= 15 is 0 Å². The van der Waals surface area contributed by atoms with Crippen LogP contribution in [0.15, 0.2) is 64.3 Å². The van der Waals surface area contributed by atoms with Gasteiger partial charge in [-0.1, -0.05) is 38.1 Å². The Balaban J connectivity index is 1.82. The van der Waals surface area contributed by atoms with Crippen LogP contribution in [0.3, 0.4) is 0 Å². The highest BCUT2D eigenvalue weighted by Gasteiger charge is 2.18. The zero-order chi connectivity index (χ0) is 18.5. The van der Waals surface area contributed by atoms with Gasteiger partial charge in [0.05, 0.1) is 16.8 Å². The smallest absolute Gasteiger partial charge is 0.259 e. The fourth-order valence-electron chi connectivity index (χ4n) is 2.62. The highest BCUT2D eigenvalue weighted by molar-refractivity contribution is 7.98. The molecule has 0 N–H and O–H groups in total. The summed E-state index contributed by atoms with van der Waals surface area (Å²) in [5.41, 5.74) is 5.75. The first-order chi connectivity index (χ1) is 12.6. The molecule has 0 unspecified atom stereocenters. The molecule has 0 atom stereocenters. The van der Waals surface area contributed by atoms with Crippen molar-refractivity contribution in [2.75, 3.05) is 11.9 Å². The third-order valence-electron chi connectivity index (χ3n) is 4.21. The Hall–Kier alpha value is -2.11. The Morgan fingerprint density at radius 1 is 1.19 bits per heavy atom. The van der Waals surface area contributed by atoms with Crippen molar-refractivity contribution in [2.24, 2.45) is 0 Å². The molecule has 0 bridgehead atoms. The van der Waals surface area contributed by atoms with Crippen molar-refractivity contribution < 1.29 is 4.79 Å². The number of thioether (sulfide) groups is 1. The minimum absolute atomic E-state index is 0.00674. The number of rotatable bonds is 6. The van der Waals surface area contributed by atoms with Crippen molar-refractivity contribution in [1.29, 1.82) is 0 Å². The van der Waals surface area contributed by atoms with Gasteiger partial charge in [0.1, 0.15) is 0 Å². The summed E-state index contributed by atoms with van der Waals surface area (Å²) < 4.78 is 0. The normalized spacial score (nSPS) is 10.9. The average molecular weight is 383 g/mol. The minimum Gasteiger partial charge on any atom is -0.311 e. The quantitative estimate of drug-likeness (QED) is 0.503. The van der Waals surface area contributed by atoms with E-state index in [0.717, 1.165) is 27.6 Å². The first-order valence-electron chi connectivity index (χ1n) is 8.53. The summed E-state index contributed by atoms with van der Waals surface area (Å²) in [4.78, 5) is 20.1. The standard InChI is InChI=1S/C21H22N2OS2/c1-15(2)16-7-6-8-18(11-16)23(3)21(24)19-9-4-5-10-20(19)26-13-17-12-25-14-22-17/h4-12,14-15H,13H2,1-3H3. The van der Waals surface area contributed by atoms with Gasteiger partial charge in [-0.2, -0.15) is 0 Å². The molecule has 0 radical (unpaired) electrons. The molecule has 26 heavy (non-hydrogen) atoms. The maximum Gasteiger partial charge on any atom is 0.259 e. The van der Waals surface area contributed by atoms with E-state index < -0.39 is 0 Å². The number of carbonyl (C=O) groups is 1. The molecule has 0 saturated carbocycles. The van der Waals surface area contributed by atoms with E-state index in [1.165, 1.54) is 5.56 Å². The summed E-state index contributed by atoms with van der Waals surface area (Å²) in [6.45, 7) is 4.32. The second kappa shape index (κ2) is 8.52. The van der Waals surface area contributed by atoms with E-state index in [1.54, 1.807) is 28.0 Å². The van der Waals surface area contributed by atoms with Crippen molar-refractivity contribution in [1.82, 2.24) is 4.98 Å². The van der Waals surface area contributed by atoms with Crippen LogP contribution in [0.2, 0.25) is 0 Å². The maximum atomic E-state index is 13.1. The lowest BCUT2D eigenvalue weighted by Crippen LogP contribution is -2.26. The molecule has 0 aliphatic rings. The number of aromatic nitrogens is 1. The maximum absolute atomic E-state index is 13.1. The average Bonchev–Trinajstić information content (AvgIpc) is 3.19. The number of benzene rings is 2. The van der Waals surface area contributed by atoms with Crippen LogP contribution in [0.25, 0.3) is 0 Å². The van der Waals surface area contributed by atoms with Gasteiger partial charge in [-0.15, -0.1) is 23.1 Å². The predicted octanol–water partition coefficient (Wildman–Crippen LogP) is 5.84. The van der Waals surface area contributed by atoms with E-state index in [4.69, 9.17) is 0 Å². The molecule has 1 aromatic heterocycles. The zero-order valence-corrected chi connectivity index (χ0v) is 16.8. The Kier molecular flexibility index (Phi) is 6.12. The van der Waals surface area contributed by atoms with Crippen LogP contribution in [0.5, 0.6) is 0 Å². The monoisotopic (exact) mass is 382 g/mol. The molecular formula is C21H22N2OS2. The van der Waals surface area contributed by atoms with E-state index in [9.17, 15) is 4.79 Å². The van der Waals surface area contributed by atoms with Crippen LogP contribution in [0, 0.1) is 0 Å². The van der Waals surface area contributed by atoms with Crippen molar-refractivity contribution in [3.8, 4) is 0 Å². The van der Waals surface area contributed by atoms with Gasteiger partial charge in [-0.25, -0.2) is 4.98 Å². The van der Waals surface area contributed by atoms with Crippen LogP contribution in [0.4, 0.5) is 5.69 Å². The van der Waals surface area contributed by atoms with Gasteiger partial charge < -0.3 is 4.90 Å². The molecule has 1 heterocycles. The first-order valence-corrected chi connectivity index (χ1v) is 10.5. The molecule has 1 amide bonds. The van der Waals surface area contributed by atoms with Crippen LogP contribution < -0.4 is 4.90 Å². The number of hydrogen-bond donors (Lipinski definition) is 0. The molecule has 3 rings (SSSR count). The topological polar surface area (TPSA) is 33.2 Å². The third-order valence-corrected chi connectivity index (χ3v) is 5.95. The highest BCUT2D eigenvalue weighted by Crippen LogP contribution is 2.29. The lowest BCUT2D eigenvalue weighted by Gasteiger charge is -2.20. The minimum atomic E-state index is 0.00674. The van der Waals surface area contributed by atoms with Gasteiger partial charge in [0, 0.05) is 28.8 Å². The van der Waals surface area contributed by atoms with E-state index in [1.807, 2.05) is 54.3 Å². The molecular weight excluding hydrogens is 360 g/mol. The lowest BCUT2D eigenvalue weighted by molar-refractivity contribution is 0.0990. The molecule has 0 aliphatic heterocycles. The second-order valence-corrected chi connectivity index (χ2v) is 8.11. The fraction of sp³-hybridized carbons (Fsp3) is 0.238. The van der Waals surface area contributed by atoms with Gasteiger partial charge in [0.15, 0.2) is 0 Å². The first kappa shape index (κ1) is 18.7. The predicted molar refractivity (Wildman–Crippen MR) is 111 cm³/mol. The molecule has 0 saturated heterocycles. The van der Waals surface area contributed by atoms with E-state index in [-0.39, 0.29) is 5.91 Å². The molecule has 3 aromatic rings. The summed E-state index contributed by atoms with van der Waals surface area (Å²) in [6, 6.07) is 16.0. The van der Waals surface area contributed by atoms with Gasteiger partial charge >= 0.3 is 0 Å². The highest BCUT2D eigenvalue weighted by atomic mass is 32.2. The van der Waals surface area contributed by atoms with Crippen LogP contribution >= 0.6 is 23.1 Å². The molecule has 0 fully saturated rings. The van der Waals surface area contributed by atoms with Crippen LogP contribution in [-0.2, 0) is 5.75 Å². The lowest BCUT2D eigenvalue weighted by atomic mass is 10.0. The Morgan fingerprint density at radius 2 is 2.00 bits per heavy atom. The Bertz CT molecular complexity index is 875. The van der Waals surface area contributed by atoms with Crippen LogP contribution in [0.1, 0.15) is 41.4 Å². The number of hydrogen-bond acceptors (Lipinski definition) is 4. The molecule has 2 aromatic carbocycles. The van der Waals surface area contributed by atoms with Crippen molar-refractivity contribution in [3.05, 3.63) is 76.2 Å². The summed E-state index contributed by atoms with van der Waals surface area (Å²) in [5, 5.41) is 2.04. The van der Waals surface area contributed by atoms with Gasteiger partial charge in [0.25, 0.3) is 5.91 Å². The molecule has 3 nitrogen and oxygen atoms in total. The molecule has 5 heteroatoms. The number of thiazole rings is 1. The Labute approximate surface area is 163 Å². The van der Waals surface area contributed by atoms with E-state index in [0.29, 0.717) is 5.92 Å². The summed E-state index contributed by atoms with van der Waals surface area (Å²) >= 11 is 3.24. The van der Waals surface area contributed by atoms with Crippen molar-refractivity contribution in [2.45, 2.75) is 30.4 Å². The van der Waals surface area contributed by atoms with Crippen molar-refractivity contribution >= 4 is 34.7 Å². The fourth-order valence-corrected chi connectivity index (χ4v) is 4.23. The second-order valence-electron chi connectivity index (χ2n) is 6.38. The molecule has 0 spiro atoms. The summed E-state index contributed by atoms with van der Waals surface area (Å²) in [5.74, 6) is 1.20. The number of nitrogens with zero attached hydrogens (tertiary/aromatic N) is 2. The number of anilines is 1. The number of carbonyl (C=O) groups excluding carboxylic acids is 1. The Morgan fingerprint density at radius 3 is 2.73 bits per heavy atom. The molecule has 0 aliphatic carbocycles. The third kappa shape index (κ3) is 4.34. The zero-order valence-electron chi connectivity index (χ0n) is 15.2. The molecule has 134 valence electrons. The SMILES string of the molecule is CC(C)c1cccc(N(C)C(=O)c2ccccc2SCc2cscn2)c1.